The number of carbonyl (C=O) groups is 3. The van der Waals surface area contributed by atoms with E-state index in [1.165, 1.54) is 5.56 Å². The molecule has 1 saturated carbocycles. The van der Waals surface area contributed by atoms with Gasteiger partial charge in [-0.2, -0.15) is 0 Å². The van der Waals surface area contributed by atoms with Crippen LogP contribution in [0.4, 0.5) is 0 Å². The Morgan fingerprint density at radius 3 is 2.33 bits per heavy atom. The number of ketones is 1. The van der Waals surface area contributed by atoms with Gasteiger partial charge in [0.05, 0.1) is 12.5 Å². The number of amides is 1. The van der Waals surface area contributed by atoms with Crippen LogP contribution in [0.15, 0.2) is 54.6 Å². The van der Waals surface area contributed by atoms with Crippen LogP contribution in [0.25, 0.3) is 0 Å². The molecule has 2 aromatic rings. The summed E-state index contributed by atoms with van der Waals surface area (Å²) in [7, 11) is 0. The van der Waals surface area contributed by atoms with Crippen LogP contribution < -0.4 is 5.48 Å². The zero-order chi connectivity index (χ0) is 27.7. The molecule has 0 spiro atoms. The molecule has 3 rings (SSSR count). The van der Waals surface area contributed by atoms with E-state index in [2.05, 4.69) is 17.6 Å². The quantitative estimate of drug-likeness (QED) is 0.129. The first-order chi connectivity index (χ1) is 19.0. The fraction of sp³-hybridized carbons (Fsp3) is 0.545. The van der Waals surface area contributed by atoms with E-state index >= 15 is 0 Å². The van der Waals surface area contributed by atoms with Crippen molar-refractivity contribution in [1.82, 2.24) is 5.48 Å². The van der Waals surface area contributed by atoms with Gasteiger partial charge in [-0.3, -0.25) is 19.2 Å². The molecule has 0 unspecified atom stereocenters. The third kappa shape index (κ3) is 11.7. The molecule has 0 aromatic heterocycles. The van der Waals surface area contributed by atoms with Crippen LogP contribution >= 0.6 is 0 Å². The van der Waals surface area contributed by atoms with Crippen LogP contribution in [-0.2, 0) is 36.8 Å². The van der Waals surface area contributed by atoms with Crippen LogP contribution in [0.3, 0.4) is 0 Å². The van der Waals surface area contributed by atoms with E-state index in [1.54, 1.807) is 0 Å². The lowest BCUT2D eigenvalue weighted by atomic mass is 9.92. The lowest BCUT2D eigenvalue weighted by Crippen LogP contribution is -2.23. The average Bonchev–Trinajstić information content (AvgIpc) is 3.45. The van der Waals surface area contributed by atoms with Crippen LogP contribution in [0, 0.1) is 0 Å². The third-order valence-electron chi connectivity index (χ3n) is 7.36. The Morgan fingerprint density at radius 1 is 0.872 bits per heavy atom. The number of esters is 1. The van der Waals surface area contributed by atoms with Gasteiger partial charge >= 0.3 is 5.97 Å². The van der Waals surface area contributed by atoms with Gasteiger partial charge in [-0.25, -0.2) is 5.48 Å². The second kappa shape index (κ2) is 17.6. The van der Waals surface area contributed by atoms with Gasteiger partial charge in [0.15, 0.2) is 0 Å². The maximum Gasteiger partial charge on any atom is 0.313 e. The van der Waals surface area contributed by atoms with Crippen LogP contribution in [0.2, 0.25) is 0 Å². The minimum absolute atomic E-state index is 0.0742. The number of aryl methyl sites for hydroxylation is 1. The third-order valence-corrected chi connectivity index (χ3v) is 7.36. The van der Waals surface area contributed by atoms with Crippen molar-refractivity contribution in [3.05, 3.63) is 71.3 Å². The van der Waals surface area contributed by atoms with Crippen molar-refractivity contribution in [2.24, 2.45) is 0 Å². The van der Waals surface area contributed by atoms with E-state index in [1.807, 2.05) is 49.4 Å². The number of nitrogens with one attached hydrogen (secondary N) is 1. The Bertz CT molecular complexity index is 1020. The van der Waals surface area contributed by atoms with Gasteiger partial charge in [0.25, 0.3) is 0 Å². The summed E-state index contributed by atoms with van der Waals surface area (Å²) in [5.41, 5.74) is 5.67. The van der Waals surface area contributed by atoms with Crippen molar-refractivity contribution in [3.63, 3.8) is 0 Å². The highest BCUT2D eigenvalue weighted by molar-refractivity contribution is 5.81. The van der Waals surface area contributed by atoms with Gasteiger partial charge in [0, 0.05) is 19.3 Å². The first-order valence-electron chi connectivity index (χ1n) is 14.8. The second-order valence-corrected chi connectivity index (χ2v) is 10.6. The highest BCUT2D eigenvalue weighted by atomic mass is 16.6. The largest absolute Gasteiger partial charge is 0.462 e. The molecular formula is C33H45NO5. The van der Waals surface area contributed by atoms with E-state index < -0.39 is 0 Å². The summed E-state index contributed by atoms with van der Waals surface area (Å²) >= 11 is 0. The van der Waals surface area contributed by atoms with E-state index in [0.717, 1.165) is 81.8 Å². The fourth-order valence-corrected chi connectivity index (χ4v) is 5.25. The molecule has 1 N–H and O–H groups in total. The summed E-state index contributed by atoms with van der Waals surface area (Å²) in [5, 5.41) is 0. The number of rotatable bonds is 18. The second-order valence-electron chi connectivity index (χ2n) is 10.6. The first kappa shape index (κ1) is 30.6. The van der Waals surface area contributed by atoms with Crippen molar-refractivity contribution in [3.8, 4) is 0 Å². The van der Waals surface area contributed by atoms with E-state index in [-0.39, 0.29) is 29.7 Å². The highest BCUT2D eigenvalue weighted by Crippen LogP contribution is 2.28. The fourth-order valence-electron chi connectivity index (χ4n) is 5.25. The Kier molecular flexibility index (Phi) is 13.8. The van der Waals surface area contributed by atoms with E-state index in [0.29, 0.717) is 25.9 Å². The molecule has 0 bridgehead atoms. The SMILES string of the molecule is CCONC(=O)CCCCCCC(=O)Cc1cccc(CCC[C@H](C(=O)OC2CCCC2)c2ccccc2)c1. The molecule has 212 valence electrons. The van der Waals surface area contributed by atoms with Crippen molar-refractivity contribution in [1.29, 1.82) is 0 Å². The lowest BCUT2D eigenvalue weighted by molar-refractivity contribution is -0.150. The molecule has 6 nitrogen and oxygen atoms in total. The van der Waals surface area contributed by atoms with Gasteiger partial charge in [-0.1, -0.05) is 67.4 Å². The number of carbonyl (C=O) groups excluding carboxylic acids is 3. The molecule has 6 heteroatoms. The minimum atomic E-state index is -0.240. The number of hydrogen-bond acceptors (Lipinski definition) is 5. The number of benzene rings is 2. The Labute approximate surface area is 233 Å². The molecule has 1 aliphatic carbocycles. The maximum atomic E-state index is 13.0. The summed E-state index contributed by atoms with van der Waals surface area (Å²) in [6.07, 6.45) is 11.8. The molecule has 1 amide bonds. The zero-order valence-corrected chi connectivity index (χ0v) is 23.5. The first-order valence-corrected chi connectivity index (χ1v) is 14.8. The molecule has 0 aliphatic heterocycles. The molecule has 39 heavy (non-hydrogen) atoms. The summed E-state index contributed by atoms with van der Waals surface area (Å²) in [6, 6.07) is 18.2. The summed E-state index contributed by atoms with van der Waals surface area (Å²) in [4.78, 5) is 42.0. The number of ether oxygens (including phenoxy) is 1. The molecule has 1 fully saturated rings. The Hall–Kier alpha value is -2.99. The van der Waals surface area contributed by atoms with Crippen LogP contribution in [-0.4, -0.2) is 30.4 Å². The number of hydroxylamine groups is 1. The zero-order valence-electron chi connectivity index (χ0n) is 23.5. The molecule has 2 aromatic carbocycles. The topological polar surface area (TPSA) is 81.7 Å². The Morgan fingerprint density at radius 2 is 1.59 bits per heavy atom. The maximum absolute atomic E-state index is 13.0. The van der Waals surface area contributed by atoms with Crippen molar-refractivity contribution in [2.75, 3.05) is 6.61 Å². The minimum Gasteiger partial charge on any atom is -0.462 e. The normalized spacial score (nSPS) is 14.2. The van der Waals surface area contributed by atoms with Crippen molar-refractivity contribution in [2.45, 2.75) is 109 Å². The average molecular weight is 536 g/mol. The molecule has 0 saturated heterocycles. The standard InChI is InChI=1S/C33H45NO5/c1-2-38-34-32(36)23-9-4-3-8-19-29(35)25-27-16-12-14-26(24-27)15-13-22-31(28-17-6-5-7-18-28)33(37)39-30-20-10-11-21-30/h5-7,12,14,16-18,24,30-31H,2-4,8-11,13,15,19-23,25H2,1H3,(H,34,36)/t31-/m0/s1. The van der Waals surface area contributed by atoms with Crippen molar-refractivity contribution < 1.29 is 24.0 Å². The molecule has 0 radical (unpaired) electrons. The van der Waals surface area contributed by atoms with Crippen molar-refractivity contribution >= 4 is 17.7 Å². The summed E-state index contributed by atoms with van der Waals surface area (Å²) in [5.74, 6) is -0.177. The number of Topliss-reactive ketones (excluding diaryl/α,β-unsaturated/α-hetero) is 1. The summed E-state index contributed by atoms with van der Waals surface area (Å²) in [6.45, 7) is 2.29. The number of unbranched alkanes of at least 4 members (excludes halogenated alkanes) is 3. The van der Waals surface area contributed by atoms with Gasteiger partial charge in [0.2, 0.25) is 5.91 Å². The molecule has 0 heterocycles. The molecule has 1 aliphatic rings. The highest BCUT2D eigenvalue weighted by Gasteiger charge is 2.26. The van der Waals surface area contributed by atoms with Gasteiger partial charge < -0.3 is 4.74 Å². The predicted molar refractivity (Wildman–Crippen MR) is 153 cm³/mol. The van der Waals surface area contributed by atoms with E-state index in [9.17, 15) is 14.4 Å². The summed E-state index contributed by atoms with van der Waals surface area (Å²) < 4.78 is 5.87. The van der Waals surface area contributed by atoms with Gasteiger partial charge in [0.1, 0.15) is 11.9 Å². The van der Waals surface area contributed by atoms with Crippen LogP contribution in [0.1, 0.15) is 107 Å². The molecular weight excluding hydrogens is 490 g/mol. The number of hydrogen-bond donors (Lipinski definition) is 1. The van der Waals surface area contributed by atoms with Gasteiger partial charge in [-0.15, -0.1) is 0 Å². The van der Waals surface area contributed by atoms with Gasteiger partial charge in [-0.05, 0) is 81.4 Å². The molecule has 1 atom stereocenters. The monoisotopic (exact) mass is 535 g/mol. The smallest absolute Gasteiger partial charge is 0.313 e. The lowest BCUT2D eigenvalue weighted by Gasteiger charge is -2.19. The van der Waals surface area contributed by atoms with E-state index in [4.69, 9.17) is 9.57 Å². The van der Waals surface area contributed by atoms with Crippen LogP contribution in [0.5, 0.6) is 0 Å². The Balaban J connectivity index is 1.39. The predicted octanol–water partition coefficient (Wildman–Crippen LogP) is 6.80.